The molecule has 0 aliphatic rings. The van der Waals surface area contributed by atoms with Gasteiger partial charge in [0.1, 0.15) is 0 Å². The first-order valence-corrected chi connectivity index (χ1v) is 6.70. The Morgan fingerprint density at radius 1 is 1.05 bits per heavy atom. The Hall–Kier alpha value is -1.87. The van der Waals surface area contributed by atoms with Crippen LogP contribution in [0.5, 0.6) is 0 Å². The Morgan fingerprint density at radius 2 is 1.84 bits per heavy atom. The highest BCUT2D eigenvalue weighted by Crippen LogP contribution is 2.20. The zero-order chi connectivity index (χ0) is 13.4. The molecule has 0 fully saturated rings. The molecule has 0 radical (unpaired) electrons. The van der Waals surface area contributed by atoms with Gasteiger partial charge in [-0.25, -0.2) is 0 Å². The van der Waals surface area contributed by atoms with Gasteiger partial charge in [0.05, 0.1) is 12.1 Å². The van der Waals surface area contributed by atoms with Crippen LogP contribution in [0.25, 0.3) is 11.1 Å². The van der Waals surface area contributed by atoms with E-state index in [0.29, 0.717) is 4.84 Å². The van der Waals surface area contributed by atoms with E-state index in [4.69, 9.17) is 16.6 Å². The zero-order valence-electron chi connectivity index (χ0n) is 11.0. The second-order valence-corrected chi connectivity index (χ2v) is 5.26. The Bertz CT molecular complexity index is 798. The summed E-state index contributed by atoms with van der Waals surface area (Å²) in [7, 11) is 0. The molecular weight excluding hydrogens is 254 g/mol. The van der Waals surface area contributed by atoms with Crippen LogP contribution in [0.1, 0.15) is 16.7 Å². The molecule has 1 aromatic heterocycles. The maximum atomic E-state index is 5.63. The first kappa shape index (κ1) is 12.2. The molecule has 3 heteroatoms. The van der Waals surface area contributed by atoms with Crippen molar-refractivity contribution < 1.29 is 4.42 Å². The molecule has 1 heterocycles. The number of hydrogen-bond donors (Lipinski definition) is 0. The van der Waals surface area contributed by atoms with Gasteiger partial charge in [0.15, 0.2) is 5.58 Å². The SMILES string of the molecule is Cc1cccc(Cn2c(=S)oc3ccc(C)cc32)c1. The van der Waals surface area contributed by atoms with Gasteiger partial charge in [-0.2, -0.15) is 0 Å². The van der Waals surface area contributed by atoms with E-state index >= 15 is 0 Å². The summed E-state index contributed by atoms with van der Waals surface area (Å²) < 4.78 is 7.68. The molecule has 0 saturated heterocycles. The number of oxazole rings is 1. The summed E-state index contributed by atoms with van der Waals surface area (Å²) >= 11 is 5.32. The summed E-state index contributed by atoms with van der Waals surface area (Å²) in [5, 5.41) is 0. The molecule has 3 rings (SSSR count). The minimum Gasteiger partial charge on any atom is -0.429 e. The highest BCUT2D eigenvalue weighted by Gasteiger charge is 2.07. The molecule has 96 valence electrons. The number of fused-ring (bicyclic) bond motifs is 1. The summed E-state index contributed by atoms with van der Waals surface area (Å²) in [5.74, 6) is 0. The molecule has 3 aromatic rings. The first-order valence-electron chi connectivity index (χ1n) is 6.29. The van der Waals surface area contributed by atoms with Crippen LogP contribution in [0.3, 0.4) is 0 Å². The number of aromatic nitrogens is 1. The largest absolute Gasteiger partial charge is 0.429 e. The zero-order valence-corrected chi connectivity index (χ0v) is 11.8. The van der Waals surface area contributed by atoms with Crippen molar-refractivity contribution in [1.82, 2.24) is 4.57 Å². The molecule has 2 nitrogen and oxygen atoms in total. The summed E-state index contributed by atoms with van der Waals surface area (Å²) in [6.07, 6.45) is 0. The standard InChI is InChI=1S/C16H15NOS/c1-11-4-3-5-13(8-11)10-17-14-9-12(2)6-7-15(14)18-16(17)19/h3-9H,10H2,1-2H3. The summed E-state index contributed by atoms with van der Waals surface area (Å²) in [5.41, 5.74) is 5.62. The molecule has 0 aliphatic heterocycles. The van der Waals surface area contributed by atoms with E-state index in [9.17, 15) is 0 Å². The average molecular weight is 269 g/mol. The lowest BCUT2D eigenvalue weighted by Gasteiger charge is -2.05. The van der Waals surface area contributed by atoms with Crippen molar-refractivity contribution in [3.8, 4) is 0 Å². The second kappa shape index (κ2) is 4.67. The number of aryl methyl sites for hydroxylation is 2. The molecule has 2 aromatic carbocycles. The van der Waals surface area contributed by atoms with E-state index in [1.165, 1.54) is 16.7 Å². The lowest BCUT2D eigenvalue weighted by molar-refractivity contribution is 0.548. The number of benzene rings is 2. The molecule has 0 saturated carbocycles. The van der Waals surface area contributed by atoms with Crippen molar-refractivity contribution in [3.63, 3.8) is 0 Å². The molecule has 0 bridgehead atoms. The summed E-state index contributed by atoms with van der Waals surface area (Å²) in [6.45, 7) is 4.92. The van der Waals surface area contributed by atoms with Crippen LogP contribution in [0.2, 0.25) is 0 Å². The van der Waals surface area contributed by atoms with Gasteiger partial charge in [-0.3, -0.25) is 4.57 Å². The summed E-state index contributed by atoms with van der Waals surface area (Å²) in [6, 6.07) is 14.6. The minimum absolute atomic E-state index is 0.530. The van der Waals surface area contributed by atoms with Gasteiger partial charge >= 0.3 is 0 Å². The Morgan fingerprint density at radius 3 is 2.63 bits per heavy atom. The number of rotatable bonds is 2. The smallest absolute Gasteiger partial charge is 0.269 e. The van der Waals surface area contributed by atoms with Crippen LogP contribution >= 0.6 is 12.2 Å². The molecular formula is C16H15NOS. The minimum atomic E-state index is 0.530. The van der Waals surface area contributed by atoms with E-state index in [1.807, 2.05) is 16.7 Å². The third-order valence-corrected chi connectivity index (χ3v) is 3.55. The van der Waals surface area contributed by atoms with Gasteiger partial charge in [0.25, 0.3) is 4.84 Å². The molecule has 19 heavy (non-hydrogen) atoms. The van der Waals surface area contributed by atoms with Gasteiger partial charge in [-0.1, -0.05) is 35.9 Å². The van der Waals surface area contributed by atoms with E-state index in [-0.39, 0.29) is 0 Å². The van der Waals surface area contributed by atoms with Crippen LogP contribution in [-0.2, 0) is 6.54 Å². The highest BCUT2D eigenvalue weighted by atomic mass is 32.1. The highest BCUT2D eigenvalue weighted by molar-refractivity contribution is 7.71. The topological polar surface area (TPSA) is 18.1 Å². The first-order chi connectivity index (χ1) is 9.13. The van der Waals surface area contributed by atoms with Crippen LogP contribution in [0.4, 0.5) is 0 Å². The van der Waals surface area contributed by atoms with E-state index in [0.717, 1.165) is 17.6 Å². The molecule has 0 atom stereocenters. The van der Waals surface area contributed by atoms with Gasteiger partial charge in [-0.05, 0) is 49.3 Å². The van der Waals surface area contributed by atoms with E-state index < -0.39 is 0 Å². The third-order valence-electron chi connectivity index (χ3n) is 3.25. The van der Waals surface area contributed by atoms with Gasteiger partial charge in [-0.15, -0.1) is 0 Å². The van der Waals surface area contributed by atoms with Crippen LogP contribution in [-0.4, -0.2) is 4.57 Å². The molecule has 0 amide bonds. The third kappa shape index (κ3) is 2.34. The van der Waals surface area contributed by atoms with Crippen molar-refractivity contribution in [2.24, 2.45) is 0 Å². The second-order valence-electron chi connectivity index (χ2n) is 4.91. The fraction of sp³-hybridized carbons (Fsp3) is 0.188. The van der Waals surface area contributed by atoms with Crippen molar-refractivity contribution in [2.75, 3.05) is 0 Å². The average Bonchev–Trinajstić information content (AvgIpc) is 2.66. The predicted molar refractivity (Wildman–Crippen MR) is 80.1 cm³/mol. The van der Waals surface area contributed by atoms with Gasteiger partial charge in [0, 0.05) is 0 Å². The Kier molecular flexibility index (Phi) is 2.99. The molecule has 0 unspecified atom stereocenters. The van der Waals surface area contributed by atoms with Crippen molar-refractivity contribution in [2.45, 2.75) is 20.4 Å². The van der Waals surface area contributed by atoms with Gasteiger partial charge < -0.3 is 4.42 Å². The quantitative estimate of drug-likeness (QED) is 0.631. The van der Waals surface area contributed by atoms with Crippen LogP contribution in [0, 0.1) is 18.7 Å². The predicted octanol–water partition coefficient (Wildman–Crippen LogP) is 4.63. The van der Waals surface area contributed by atoms with Crippen LogP contribution < -0.4 is 0 Å². The maximum Gasteiger partial charge on any atom is 0.269 e. The summed E-state index contributed by atoms with van der Waals surface area (Å²) in [4.78, 5) is 0.530. The molecule has 0 N–H and O–H groups in total. The Labute approximate surface area is 117 Å². The van der Waals surface area contributed by atoms with E-state index in [2.05, 4.69) is 44.2 Å². The number of hydrogen-bond acceptors (Lipinski definition) is 2. The van der Waals surface area contributed by atoms with Crippen molar-refractivity contribution in [3.05, 3.63) is 64.0 Å². The normalized spacial score (nSPS) is 11.1. The van der Waals surface area contributed by atoms with Crippen molar-refractivity contribution in [1.29, 1.82) is 0 Å². The lowest BCUT2D eigenvalue weighted by atomic mass is 10.1. The Balaban J connectivity index is 2.12. The fourth-order valence-electron chi connectivity index (χ4n) is 2.31. The molecule has 0 aliphatic carbocycles. The van der Waals surface area contributed by atoms with Crippen molar-refractivity contribution >= 4 is 23.3 Å². The maximum absolute atomic E-state index is 5.63. The van der Waals surface area contributed by atoms with Crippen LogP contribution in [0.15, 0.2) is 46.9 Å². The monoisotopic (exact) mass is 269 g/mol. The van der Waals surface area contributed by atoms with E-state index in [1.54, 1.807) is 0 Å². The fourth-order valence-corrected chi connectivity index (χ4v) is 2.57. The molecule has 0 spiro atoms. The number of nitrogens with zero attached hydrogens (tertiary/aromatic N) is 1. The lowest BCUT2D eigenvalue weighted by Crippen LogP contribution is -1.99. The van der Waals surface area contributed by atoms with Gasteiger partial charge in [0.2, 0.25) is 0 Å².